The van der Waals surface area contributed by atoms with Crippen LogP contribution in [0.15, 0.2) is 60.7 Å². The van der Waals surface area contributed by atoms with Crippen molar-refractivity contribution in [1.82, 2.24) is 0 Å². The lowest BCUT2D eigenvalue weighted by atomic mass is 10.2. The molecule has 0 unspecified atom stereocenters. The van der Waals surface area contributed by atoms with Crippen molar-refractivity contribution in [2.45, 2.75) is 52.2 Å². The molecule has 2 aromatic rings. The number of hydrogen-bond acceptors (Lipinski definition) is 2. The van der Waals surface area contributed by atoms with E-state index in [0.29, 0.717) is 13.2 Å². The smallest absolute Gasteiger partial charge is 0.261 e. The van der Waals surface area contributed by atoms with Crippen molar-refractivity contribution in [1.29, 1.82) is 0 Å². The Labute approximate surface area is 166 Å². The van der Waals surface area contributed by atoms with Gasteiger partial charge in [0.15, 0.2) is 0 Å². The third-order valence-electron chi connectivity index (χ3n) is 4.70. The molecule has 2 aromatic carbocycles. The van der Waals surface area contributed by atoms with Gasteiger partial charge < -0.3 is 9.16 Å². The molecule has 0 aliphatic rings. The molecule has 0 spiro atoms. The normalized spacial score (nSPS) is 12.9. The second-order valence-corrected chi connectivity index (χ2v) is 12.0. The molecule has 0 saturated heterocycles. The minimum atomic E-state index is -2.53. The molecule has 0 saturated carbocycles. The molecule has 0 aliphatic heterocycles. The van der Waals surface area contributed by atoms with Crippen LogP contribution in [0.2, 0.25) is 5.04 Å². The summed E-state index contributed by atoms with van der Waals surface area (Å²) < 4.78 is 12.8. The third kappa shape index (κ3) is 5.10. The van der Waals surface area contributed by atoms with Gasteiger partial charge in [-0.1, -0.05) is 94.3 Å². The average Bonchev–Trinajstić information content (AvgIpc) is 2.67. The van der Waals surface area contributed by atoms with Gasteiger partial charge in [-0.15, -0.1) is 5.92 Å². The highest BCUT2D eigenvalue weighted by Crippen LogP contribution is 2.36. The van der Waals surface area contributed by atoms with E-state index in [0.717, 1.165) is 6.42 Å². The maximum absolute atomic E-state index is 6.89. The predicted molar refractivity (Wildman–Crippen MR) is 117 cm³/mol. The Morgan fingerprint density at radius 3 is 1.85 bits per heavy atom. The summed E-state index contributed by atoms with van der Waals surface area (Å²) in [5.41, 5.74) is 0. The van der Waals surface area contributed by atoms with Gasteiger partial charge in [0, 0.05) is 6.61 Å². The topological polar surface area (TPSA) is 18.5 Å². The minimum Gasteiger partial charge on any atom is -0.404 e. The largest absolute Gasteiger partial charge is 0.404 e. The first kappa shape index (κ1) is 21.4. The van der Waals surface area contributed by atoms with E-state index in [9.17, 15) is 0 Å². The summed E-state index contributed by atoms with van der Waals surface area (Å²) >= 11 is 0. The fraction of sp³-hybridized carbons (Fsp3) is 0.417. The predicted octanol–water partition coefficient (Wildman–Crippen LogP) is 4.38. The Morgan fingerprint density at radius 2 is 1.44 bits per heavy atom. The van der Waals surface area contributed by atoms with Crippen molar-refractivity contribution in [2.75, 3.05) is 13.2 Å². The quantitative estimate of drug-likeness (QED) is 0.500. The van der Waals surface area contributed by atoms with E-state index in [1.54, 1.807) is 0 Å². The number of rotatable bonds is 8. The van der Waals surface area contributed by atoms with Crippen molar-refractivity contribution < 1.29 is 9.16 Å². The molecule has 0 aliphatic carbocycles. The summed E-state index contributed by atoms with van der Waals surface area (Å²) in [6, 6.07) is 21.4. The van der Waals surface area contributed by atoms with Gasteiger partial charge in [0.2, 0.25) is 0 Å². The third-order valence-corrected chi connectivity index (χ3v) is 9.70. The molecule has 0 radical (unpaired) electrons. The zero-order valence-corrected chi connectivity index (χ0v) is 18.3. The SMILES string of the molecule is CC#C[C@H](CO[Si](c1ccccc1)(c1ccccc1)C(C)(C)C)OCCC. The van der Waals surface area contributed by atoms with Crippen LogP contribution in [0, 0.1) is 11.8 Å². The lowest BCUT2D eigenvalue weighted by Crippen LogP contribution is -2.67. The molecule has 0 bridgehead atoms. The Balaban J connectivity index is 2.50. The van der Waals surface area contributed by atoms with Gasteiger partial charge >= 0.3 is 0 Å². The molecule has 2 rings (SSSR count). The maximum atomic E-state index is 6.89. The molecule has 0 heterocycles. The minimum absolute atomic E-state index is 0.0370. The van der Waals surface area contributed by atoms with Gasteiger partial charge in [0.1, 0.15) is 6.10 Å². The molecular weight excluding hydrogens is 348 g/mol. The molecular formula is C24H32O2Si. The Kier molecular flexibility index (Phi) is 7.86. The molecule has 144 valence electrons. The lowest BCUT2D eigenvalue weighted by Gasteiger charge is -2.43. The summed E-state index contributed by atoms with van der Waals surface area (Å²) in [4.78, 5) is 0. The Bertz CT molecular complexity index is 699. The zero-order valence-electron chi connectivity index (χ0n) is 17.3. The van der Waals surface area contributed by atoms with E-state index in [2.05, 4.69) is 100 Å². The van der Waals surface area contributed by atoms with E-state index in [4.69, 9.17) is 9.16 Å². The van der Waals surface area contributed by atoms with E-state index < -0.39 is 8.32 Å². The molecule has 0 N–H and O–H groups in total. The van der Waals surface area contributed by atoms with Crippen LogP contribution < -0.4 is 10.4 Å². The summed E-state index contributed by atoms with van der Waals surface area (Å²) in [5.74, 6) is 6.16. The fourth-order valence-corrected chi connectivity index (χ4v) is 8.07. The van der Waals surface area contributed by atoms with Gasteiger partial charge in [-0.25, -0.2) is 0 Å². The highest BCUT2D eigenvalue weighted by atomic mass is 28.4. The van der Waals surface area contributed by atoms with Crippen molar-refractivity contribution in [3.8, 4) is 11.8 Å². The van der Waals surface area contributed by atoms with Gasteiger partial charge in [-0.3, -0.25) is 0 Å². The van der Waals surface area contributed by atoms with Gasteiger partial charge in [0.05, 0.1) is 6.61 Å². The van der Waals surface area contributed by atoms with Crippen LogP contribution in [0.1, 0.15) is 41.0 Å². The molecule has 3 heteroatoms. The lowest BCUT2D eigenvalue weighted by molar-refractivity contribution is 0.0537. The monoisotopic (exact) mass is 380 g/mol. The summed E-state index contributed by atoms with van der Waals surface area (Å²) in [5, 5.41) is 2.52. The Hall–Kier alpha value is -1.86. The van der Waals surface area contributed by atoms with Crippen LogP contribution in [0.5, 0.6) is 0 Å². The van der Waals surface area contributed by atoms with E-state index >= 15 is 0 Å². The van der Waals surface area contributed by atoms with Crippen molar-refractivity contribution in [3.05, 3.63) is 60.7 Å². The number of ether oxygens (including phenoxy) is 1. The molecule has 0 aromatic heterocycles. The van der Waals surface area contributed by atoms with Crippen LogP contribution in [0.3, 0.4) is 0 Å². The van der Waals surface area contributed by atoms with Crippen LogP contribution in [-0.2, 0) is 9.16 Å². The highest BCUT2D eigenvalue weighted by molar-refractivity contribution is 6.99. The summed E-state index contributed by atoms with van der Waals surface area (Å²) in [6.07, 6.45) is 0.776. The highest BCUT2D eigenvalue weighted by Gasteiger charge is 2.50. The molecule has 1 atom stereocenters. The van der Waals surface area contributed by atoms with Crippen LogP contribution in [0.25, 0.3) is 0 Å². The van der Waals surface area contributed by atoms with Crippen molar-refractivity contribution >= 4 is 18.7 Å². The first-order valence-electron chi connectivity index (χ1n) is 9.74. The zero-order chi connectivity index (χ0) is 19.8. The standard InChI is InChI=1S/C24H32O2Si/c1-6-14-21(25-19-7-2)20-26-27(24(3,4)5,22-15-10-8-11-16-22)23-17-12-9-13-18-23/h8-13,15-18,21H,7,19-20H2,1-5H3/t21-/m1/s1. The maximum Gasteiger partial charge on any atom is 0.261 e. The summed E-state index contributed by atoms with van der Waals surface area (Å²) in [6.45, 7) is 12.0. The first-order chi connectivity index (χ1) is 13.0. The second-order valence-electron chi connectivity index (χ2n) is 7.73. The molecule has 0 amide bonds. The number of benzene rings is 2. The van der Waals surface area contributed by atoms with Crippen LogP contribution in [-0.4, -0.2) is 27.6 Å². The van der Waals surface area contributed by atoms with Gasteiger partial charge in [-0.05, 0) is 28.8 Å². The fourth-order valence-electron chi connectivity index (χ4n) is 3.51. The van der Waals surface area contributed by atoms with E-state index in [-0.39, 0.29) is 11.1 Å². The Morgan fingerprint density at radius 1 is 0.926 bits per heavy atom. The second kappa shape index (κ2) is 9.89. The summed E-state index contributed by atoms with van der Waals surface area (Å²) in [7, 11) is -2.53. The van der Waals surface area contributed by atoms with E-state index in [1.165, 1.54) is 10.4 Å². The molecule has 0 fully saturated rings. The molecule has 27 heavy (non-hydrogen) atoms. The average molecular weight is 381 g/mol. The van der Waals surface area contributed by atoms with Crippen molar-refractivity contribution in [2.24, 2.45) is 0 Å². The van der Waals surface area contributed by atoms with Crippen LogP contribution >= 0.6 is 0 Å². The van der Waals surface area contributed by atoms with Gasteiger partial charge in [0.25, 0.3) is 8.32 Å². The van der Waals surface area contributed by atoms with Gasteiger partial charge in [-0.2, -0.15) is 0 Å². The van der Waals surface area contributed by atoms with E-state index in [1.807, 2.05) is 6.92 Å². The van der Waals surface area contributed by atoms with Crippen LogP contribution in [0.4, 0.5) is 0 Å². The number of hydrogen-bond donors (Lipinski definition) is 0. The molecule has 2 nitrogen and oxygen atoms in total. The first-order valence-corrected chi connectivity index (χ1v) is 11.7. The van der Waals surface area contributed by atoms with Crippen molar-refractivity contribution in [3.63, 3.8) is 0 Å².